The van der Waals surface area contributed by atoms with Crippen molar-refractivity contribution < 1.29 is 0 Å². The first kappa shape index (κ1) is 10.7. The maximum atomic E-state index is 5.74. The highest BCUT2D eigenvalue weighted by Crippen LogP contribution is 2.18. The van der Waals surface area contributed by atoms with Crippen molar-refractivity contribution in [1.82, 2.24) is 10.3 Å². The van der Waals surface area contributed by atoms with Crippen LogP contribution in [0.25, 0.3) is 0 Å². The maximum Gasteiger partial charge on any atom is 0.125 e. The highest BCUT2D eigenvalue weighted by Gasteiger charge is 2.19. The van der Waals surface area contributed by atoms with E-state index in [4.69, 9.17) is 11.6 Å². The van der Waals surface area contributed by atoms with E-state index in [0.717, 1.165) is 31.4 Å². The van der Waals surface area contributed by atoms with Gasteiger partial charge in [0.2, 0.25) is 0 Å². The molecule has 1 aromatic heterocycles. The van der Waals surface area contributed by atoms with Crippen molar-refractivity contribution in [3.63, 3.8) is 0 Å². The van der Waals surface area contributed by atoms with E-state index in [-0.39, 0.29) is 0 Å². The van der Waals surface area contributed by atoms with Crippen molar-refractivity contribution in [2.45, 2.75) is 25.3 Å². The van der Waals surface area contributed by atoms with Crippen LogP contribution in [0.5, 0.6) is 0 Å². The molecule has 0 saturated heterocycles. The van der Waals surface area contributed by atoms with Gasteiger partial charge in [0.15, 0.2) is 0 Å². The van der Waals surface area contributed by atoms with Crippen LogP contribution in [-0.4, -0.2) is 24.1 Å². The lowest BCUT2D eigenvalue weighted by Gasteiger charge is -2.05. The van der Waals surface area contributed by atoms with Crippen molar-refractivity contribution in [1.29, 1.82) is 0 Å². The Labute approximate surface area is 95.2 Å². The molecule has 15 heavy (non-hydrogen) atoms. The fourth-order valence-electron chi connectivity index (χ4n) is 1.38. The normalized spacial score (nSPS) is 15.3. The van der Waals surface area contributed by atoms with Gasteiger partial charge in [-0.1, -0.05) is 11.6 Å². The van der Waals surface area contributed by atoms with Crippen LogP contribution in [0.1, 0.15) is 19.3 Å². The van der Waals surface area contributed by atoms with Gasteiger partial charge in [-0.05, 0) is 37.9 Å². The number of nitrogens with one attached hydrogen (secondary N) is 2. The Morgan fingerprint density at radius 3 is 2.87 bits per heavy atom. The predicted octanol–water partition coefficient (Wildman–Crippen LogP) is 2.29. The molecule has 1 saturated carbocycles. The third-order valence-corrected chi connectivity index (χ3v) is 2.62. The first-order valence-corrected chi connectivity index (χ1v) is 5.81. The maximum absolute atomic E-state index is 5.74. The fourth-order valence-corrected chi connectivity index (χ4v) is 1.49. The highest BCUT2D eigenvalue weighted by molar-refractivity contribution is 6.30. The van der Waals surface area contributed by atoms with Crippen LogP contribution in [-0.2, 0) is 0 Å². The number of rotatable bonds is 6. The average Bonchev–Trinajstić information content (AvgIpc) is 3.04. The molecule has 82 valence electrons. The molecule has 2 N–H and O–H groups in total. The minimum atomic E-state index is 0.677. The van der Waals surface area contributed by atoms with E-state index < -0.39 is 0 Å². The highest BCUT2D eigenvalue weighted by atomic mass is 35.5. The standard InChI is InChI=1S/C11H16ClN3/c12-9-2-5-11(15-8-9)14-7-1-6-13-10-3-4-10/h2,5,8,10,13H,1,3-4,6-7H2,(H,14,15). The van der Waals surface area contributed by atoms with Gasteiger partial charge < -0.3 is 10.6 Å². The lowest BCUT2D eigenvalue weighted by Crippen LogP contribution is -2.20. The largest absolute Gasteiger partial charge is 0.370 e. The molecule has 1 heterocycles. The Morgan fingerprint density at radius 1 is 1.33 bits per heavy atom. The van der Waals surface area contributed by atoms with Crippen LogP contribution in [0.3, 0.4) is 0 Å². The first-order valence-electron chi connectivity index (χ1n) is 5.43. The summed E-state index contributed by atoms with van der Waals surface area (Å²) in [6, 6.07) is 4.55. The molecular weight excluding hydrogens is 210 g/mol. The Kier molecular flexibility index (Phi) is 3.80. The van der Waals surface area contributed by atoms with Crippen LogP contribution >= 0.6 is 11.6 Å². The van der Waals surface area contributed by atoms with Gasteiger partial charge in [-0.15, -0.1) is 0 Å². The topological polar surface area (TPSA) is 37.0 Å². The monoisotopic (exact) mass is 225 g/mol. The van der Waals surface area contributed by atoms with Crippen molar-refractivity contribution in [3.8, 4) is 0 Å². The van der Waals surface area contributed by atoms with Gasteiger partial charge in [-0.25, -0.2) is 4.98 Å². The summed E-state index contributed by atoms with van der Waals surface area (Å²) in [5, 5.41) is 7.40. The first-order chi connectivity index (χ1) is 7.34. The average molecular weight is 226 g/mol. The number of nitrogens with zero attached hydrogens (tertiary/aromatic N) is 1. The molecule has 0 amide bonds. The van der Waals surface area contributed by atoms with Gasteiger partial charge in [-0.2, -0.15) is 0 Å². The van der Waals surface area contributed by atoms with E-state index in [1.807, 2.05) is 12.1 Å². The number of hydrogen-bond acceptors (Lipinski definition) is 3. The van der Waals surface area contributed by atoms with Gasteiger partial charge in [0.05, 0.1) is 5.02 Å². The minimum Gasteiger partial charge on any atom is -0.370 e. The second-order valence-corrected chi connectivity index (χ2v) is 4.31. The Bertz CT molecular complexity index is 295. The van der Waals surface area contributed by atoms with Crippen molar-refractivity contribution >= 4 is 17.4 Å². The summed E-state index contributed by atoms with van der Waals surface area (Å²) in [6.07, 6.45) is 5.49. The Hall–Kier alpha value is -0.800. The summed E-state index contributed by atoms with van der Waals surface area (Å²) >= 11 is 5.74. The van der Waals surface area contributed by atoms with Crippen LogP contribution in [0.15, 0.2) is 18.3 Å². The SMILES string of the molecule is Clc1ccc(NCCCNC2CC2)nc1. The minimum absolute atomic E-state index is 0.677. The summed E-state index contributed by atoms with van der Waals surface area (Å²) in [4.78, 5) is 4.16. The lowest BCUT2D eigenvalue weighted by atomic mass is 10.4. The van der Waals surface area contributed by atoms with Gasteiger partial charge in [0.25, 0.3) is 0 Å². The molecule has 0 radical (unpaired) electrons. The number of anilines is 1. The summed E-state index contributed by atoms with van der Waals surface area (Å²) in [5.74, 6) is 0.894. The second kappa shape index (κ2) is 5.33. The van der Waals surface area contributed by atoms with Crippen molar-refractivity contribution in [2.24, 2.45) is 0 Å². The fraction of sp³-hybridized carbons (Fsp3) is 0.545. The summed E-state index contributed by atoms with van der Waals surface area (Å²) in [7, 11) is 0. The van der Waals surface area contributed by atoms with Crippen LogP contribution in [0.4, 0.5) is 5.82 Å². The molecule has 1 aliphatic rings. The van der Waals surface area contributed by atoms with Crippen LogP contribution in [0.2, 0.25) is 5.02 Å². The third kappa shape index (κ3) is 4.06. The zero-order valence-corrected chi connectivity index (χ0v) is 9.43. The van der Waals surface area contributed by atoms with Gasteiger partial charge in [0, 0.05) is 18.8 Å². The molecule has 0 bridgehead atoms. The molecule has 4 heteroatoms. The van der Waals surface area contributed by atoms with Crippen LogP contribution in [0, 0.1) is 0 Å². The zero-order valence-electron chi connectivity index (χ0n) is 8.67. The summed E-state index contributed by atoms with van der Waals surface area (Å²) in [6.45, 7) is 2.04. The number of hydrogen-bond donors (Lipinski definition) is 2. The molecule has 1 fully saturated rings. The van der Waals surface area contributed by atoms with Crippen molar-refractivity contribution in [3.05, 3.63) is 23.4 Å². The molecule has 0 aliphatic heterocycles. The molecular formula is C11H16ClN3. The van der Waals surface area contributed by atoms with E-state index in [1.165, 1.54) is 12.8 Å². The smallest absolute Gasteiger partial charge is 0.125 e. The third-order valence-electron chi connectivity index (χ3n) is 2.40. The number of aromatic nitrogens is 1. The molecule has 1 aromatic rings. The second-order valence-electron chi connectivity index (χ2n) is 3.87. The molecule has 0 unspecified atom stereocenters. The van der Waals surface area contributed by atoms with E-state index in [2.05, 4.69) is 15.6 Å². The van der Waals surface area contributed by atoms with Crippen LogP contribution < -0.4 is 10.6 Å². The molecule has 0 spiro atoms. The van der Waals surface area contributed by atoms with Gasteiger partial charge in [-0.3, -0.25) is 0 Å². The molecule has 0 aromatic carbocycles. The molecule has 3 nitrogen and oxygen atoms in total. The zero-order chi connectivity index (χ0) is 10.5. The van der Waals surface area contributed by atoms with Gasteiger partial charge in [0.1, 0.15) is 5.82 Å². The van der Waals surface area contributed by atoms with Gasteiger partial charge >= 0.3 is 0 Å². The predicted molar refractivity (Wildman–Crippen MR) is 63.4 cm³/mol. The molecule has 2 rings (SSSR count). The summed E-state index contributed by atoms with van der Waals surface area (Å²) < 4.78 is 0. The molecule has 0 atom stereocenters. The van der Waals surface area contributed by atoms with E-state index in [9.17, 15) is 0 Å². The van der Waals surface area contributed by atoms with E-state index >= 15 is 0 Å². The molecule has 1 aliphatic carbocycles. The lowest BCUT2D eigenvalue weighted by molar-refractivity contribution is 0.658. The summed E-state index contributed by atoms with van der Waals surface area (Å²) in [5.41, 5.74) is 0. The number of pyridine rings is 1. The van der Waals surface area contributed by atoms with E-state index in [1.54, 1.807) is 6.20 Å². The Morgan fingerprint density at radius 2 is 2.20 bits per heavy atom. The van der Waals surface area contributed by atoms with Crippen molar-refractivity contribution in [2.75, 3.05) is 18.4 Å². The number of halogens is 1. The van der Waals surface area contributed by atoms with E-state index in [0.29, 0.717) is 5.02 Å². The quantitative estimate of drug-likeness (QED) is 0.730. The Balaban J connectivity index is 1.58.